The zero-order valence-corrected chi connectivity index (χ0v) is 12.9. The molecule has 0 atom stereocenters. The molecule has 3 heteroatoms. The topological polar surface area (TPSA) is 15.3 Å². The summed E-state index contributed by atoms with van der Waals surface area (Å²) in [5.41, 5.74) is 1.16. The quantitative estimate of drug-likeness (QED) is 0.917. The SMILES string of the molecule is Fc1cccc(CC2CCN(CC3CCNCC3)CC2)c1. The summed E-state index contributed by atoms with van der Waals surface area (Å²) in [5.74, 6) is 1.53. The predicted molar refractivity (Wildman–Crippen MR) is 84.9 cm³/mol. The van der Waals surface area contributed by atoms with Crippen molar-refractivity contribution in [1.29, 1.82) is 0 Å². The van der Waals surface area contributed by atoms with Crippen molar-refractivity contribution in [2.45, 2.75) is 32.1 Å². The molecule has 0 spiro atoms. The highest BCUT2D eigenvalue weighted by Gasteiger charge is 2.22. The van der Waals surface area contributed by atoms with Crippen molar-refractivity contribution in [2.24, 2.45) is 11.8 Å². The number of halogens is 1. The molecule has 2 heterocycles. The molecule has 2 saturated heterocycles. The van der Waals surface area contributed by atoms with Crippen molar-refractivity contribution in [3.63, 3.8) is 0 Å². The van der Waals surface area contributed by atoms with E-state index in [1.807, 2.05) is 6.07 Å². The maximum absolute atomic E-state index is 13.2. The minimum atomic E-state index is -0.101. The molecule has 0 saturated carbocycles. The number of rotatable bonds is 4. The van der Waals surface area contributed by atoms with Crippen molar-refractivity contribution in [3.8, 4) is 0 Å². The van der Waals surface area contributed by atoms with Crippen LogP contribution in [0.3, 0.4) is 0 Å². The molecule has 1 aromatic rings. The van der Waals surface area contributed by atoms with Crippen LogP contribution in [-0.4, -0.2) is 37.6 Å². The molecule has 0 aliphatic carbocycles. The summed E-state index contributed by atoms with van der Waals surface area (Å²) < 4.78 is 13.2. The maximum Gasteiger partial charge on any atom is 0.123 e. The summed E-state index contributed by atoms with van der Waals surface area (Å²) in [6.07, 6.45) is 6.24. The van der Waals surface area contributed by atoms with E-state index >= 15 is 0 Å². The summed E-state index contributed by atoms with van der Waals surface area (Å²) in [6, 6.07) is 7.12. The van der Waals surface area contributed by atoms with Crippen LogP contribution in [0.25, 0.3) is 0 Å². The van der Waals surface area contributed by atoms with E-state index in [0.717, 1.165) is 23.8 Å². The fraction of sp³-hybridized carbons (Fsp3) is 0.667. The van der Waals surface area contributed by atoms with Crippen molar-refractivity contribution in [3.05, 3.63) is 35.6 Å². The largest absolute Gasteiger partial charge is 0.317 e. The van der Waals surface area contributed by atoms with Gasteiger partial charge < -0.3 is 10.2 Å². The van der Waals surface area contributed by atoms with Crippen LogP contribution in [0.2, 0.25) is 0 Å². The first-order chi connectivity index (χ1) is 10.3. The van der Waals surface area contributed by atoms with Gasteiger partial charge in [-0.25, -0.2) is 4.39 Å². The standard InChI is InChI=1S/C18H27FN2/c19-18-3-1-2-17(13-18)12-15-6-10-21(11-7-15)14-16-4-8-20-9-5-16/h1-3,13,15-16,20H,4-12,14H2. The van der Waals surface area contributed by atoms with Gasteiger partial charge in [-0.15, -0.1) is 0 Å². The van der Waals surface area contributed by atoms with Gasteiger partial charge >= 0.3 is 0 Å². The lowest BCUT2D eigenvalue weighted by molar-refractivity contribution is 0.148. The summed E-state index contributed by atoms with van der Waals surface area (Å²) in [4.78, 5) is 2.65. The molecule has 0 aromatic heterocycles. The predicted octanol–water partition coefficient (Wildman–Crippen LogP) is 3.08. The van der Waals surface area contributed by atoms with Crippen LogP contribution >= 0.6 is 0 Å². The Kier molecular flexibility index (Phi) is 5.26. The zero-order chi connectivity index (χ0) is 14.5. The van der Waals surface area contributed by atoms with Crippen molar-refractivity contribution in [2.75, 3.05) is 32.7 Å². The number of hydrogen-bond donors (Lipinski definition) is 1. The Bertz CT molecular complexity index is 435. The van der Waals surface area contributed by atoms with E-state index in [2.05, 4.69) is 16.3 Å². The lowest BCUT2D eigenvalue weighted by Gasteiger charge is -2.35. The molecule has 2 nitrogen and oxygen atoms in total. The molecule has 21 heavy (non-hydrogen) atoms. The smallest absolute Gasteiger partial charge is 0.123 e. The van der Waals surface area contributed by atoms with Gasteiger partial charge in [0, 0.05) is 6.54 Å². The van der Waals surface area contributed by atoms with Crippen LogP contribution in [0.4, 0.5) is 4.39 Å². The summed E-state index contributed by atoms with van der Waals surface area (Å²) in [5, 5.41) is 3.44. The molecule has 3 rings (SSSR count). The second-order valence-corrected chi connectivity index (χ2v) is 6.77. The van der Waals surface area contributed by atoms with E-state index in [0.29, 0.717) is 0 Å². The molecular formula is C18H27FN2. The Labute approximate surface area is 127 Å². The van der Waals surface area contributed by atoms with Gasteiger partial charge in [0.1, 0.15) is 5.82 Å². The zero-order valence-electron chi connectivity index (χ0n) is 12.9. The van der Waals surface area contributed by atoms with Gasteiger partial charge in [-0.3, -0.25) is 0 Å². The van der Waals surface area contributed by atoms with Gasteiger partial charge in [0.15, 0.2) is 0 Å². The Morgan fingerprint density at radius 1 is 1.05 bits per heavy atom. The lowest BCUT2D eigenvalue weighted by atomic mass is 9.89. The van der Waals surface area contributed by atoms with E-state index in [-0.39, 0.29) is 5.82 Å². The van der Waals surface area contributed by atoms with E-state index in [1.54, 1.807) is 6.07 Å². The van der Waals surface area contributed by atoms with Gasteiger partial charge in [0.05, 0.1) is 0 Å². The summed E-state index contributed by atoms with van der Waals surface area (Å²) in [6.45, 7) is 6.13. The molecule has 1 aromatic carbocycles. The van der Waals surface area contributed by atoms with Gasteiger partial charge in [0.2, 0.25) is 0 Å². The van der Waals surface area contributed by atoms with Crippen molar-refractivity contribution < 1.29 is 4.39 Å². The Balaban J connectivity index is 1.42. The molecule has 2 aliphatic heterocycles. The van der Waals surface area contributed by atoms with Gasteiger partial charge in [-0.05, 0) is 87.8 Å². The van der Waals surface area contributed by atoms with Crippen LogP contribution < -0.4 is 5.32 Å². The number of benzene rings is 1. The average Bonchev–Trinajstić information content (AvgIpc) is 2.50. The molecule has 2 fully saturated rings. The van der Waals surface area contributed by atoms with Crippen LogP contribution in [0.15, 0.2) is 24.3 Å². The first-order valence-electron chi connectivity index (χ1n) is 8.47. The number of likely N-dealkylation sites (tertiary alicyclic amines) is 1. The Morgan fingerprint density at radius 3 is 2.52 bits per heavy atom. The second kappa shape index (κ2) is 7.37. The molecule has 116 valence electrons. The van der Waals surface area contributed by atoms with E-state index in [4.69, 9.17) is 0 Å². The Morgan fingerprint density at radius 2 is 1.81 bits per heavy atom. The number of piperidine rings is 2. The molecular weight excluding hydrogens is 263 g/mol. The van der Waals surface area contributed by atoms with E-state index < -0.39 is 0 Å². The fourth-order valence-electron chi connectivity index (χ4n) is 3.80. The van der Waals surface area contributed by atoms with E-state index in [9.17, 15) is 4.39 Å². The minimum absolute atomic E-state index is 0.101. The van der Waals surface area contributed by atoms with Crippen molar-refractivity contribution in [1.82, 2.24) is 10.2 Å². The first-order valence-corrected chi connectivity index (χ1v) is 8.47. The first kappa shape index (κ1) is 15.0. The van der Waals surface area contributed by atoms with Gasteiger partial charge in [-0.2, -0.15) is 0 Å². The molecule has 0 radical (unpaired) electrons. The molecule has 0 unspecified atom stereocenters. The monoisotopic (exact) mass is 290 g/mol. The average molecular weight is 290 g/mol. The summed E-state index contributed by atoms with van der Waals surface area (Å²) in [7, 11) is 0. The number of nitrogens with one attached hydrogen (secondary N) is 1. The molecule has 2 aliphatic rings. The van der Waals surface area contributed by atoms with E-state index in [1.165, 1.54) is 64.5 Å². The van der Waals surface area contributed by atoms with Crippen LogP contribution in [-0.2, 0) is 6.42 Å². The minimum Gasteiger partial charge on any atom is -0.317 e. The maximum atomic E-state index is 13.2. The summed E-state index contributed by atoms with van der Waals surface area (Å²) >= 11 is 0. The highest BCUT2D eigenvalue weighted by atomic mass is 19.1. The van der Waals surface area contributed by atoms with Crippen LogP contribution in [0.5, 0.6) is 0 Å². The molecule has 0 bridgehead atoms. The normalized spacial score (nSPS) is 22.5. The number of hydrogen-bond acceptors (Lipinski definition) is 2. The molecule has 1 N–H and O–H groups in total. The second-order valence-electron chi connectivity index (χ2n) is 6.77. The lowest BCUT2D eigenvalue weighted by Crippen LogP contribution is -2.40. The van der Waals surface area contributed by atoms with Crippen LogP contribution in [0.1, 0.15) is 31.2 Å². The van der Waals surface area contributed by atoms with Crippen molar-refractivity contribution >= 4 is 0 Å². The Hall–Kier alpha value is -0.930. The third-order valence-electron chi connectivity index (χ3n) is 5.10. The van der Waals surface area contributed by atoms with Gasteiger partial charge in [-0.1, -0.05) is 12.1 Å². The third-order valence-corrected chi connectivity index (χ3v) is 5.10. The highest BCUT2D eigenvalue weighted by molar-refractivity contribution is 5.17. The van der Waals surface area contributed by atoms with Gasteiger partial charge in [0.25, 0.3) is 0 Å². The molecule has 0 amide bonds. The third kappa shape index (κ3) is 4.52. The fourth-order valence-corrected chi connectivity index (χ4v) is 3.80. The number of nitrogens with zero attached hydrogens (tertiary/aromatic N) is 1. The van der Waals surface area contributed by atoms with Crippen LogP contribution in [0, 0.1) is 17.7 Å². The highest BCUT2D eigenvalue weighted by Crippen LogP contribution is 2.24.